The van der Waals surface area contributed by atoms with Gasteiger partial charge in [-0.05, 0) is 31.2 Å². The van der Waals surface area contributed by atoms with E-state index in [1.54, 1.807) is 0 Å². The SMILES string of the molecule is C=CCCNC1CCOc2ccc(Br)cc21. The number of benzene rings is 1. The van der Waals surface area contributed by atoms with E-state index in [9.17, 15) is 0 Å². The minimum atomic E-state index is 0.404. The number of ether oxygens (including phenoxy) is 1. The second-order valence-corrected chi connectivity index (χ2v) is 4.82. The lowest BCUT2D eigenvalue weighted by molar-refractivity contribution is 0.253. The summed E-state index contributed by atoms with van der Waals surface area (Å²) in [6.07, 6.45) is 3.97. The molecule has 0 amide bonds. The average Bonchev–Trinajstić information content (AvgIpc) is 2.30. The predicted molar refractivity (Wildman–Crippen MR) is 69.8 cm³/mol. The molecule has 2 rings (SSSR count). The van der Waals surface area contributed by atoms with Gasteiger partial charge in [0.2, 0.25) is 0 Å². The van der Waals surface area contributed by atoms with Crippen LogP contribution in [0.4, 0.5) is 0 Å². The van der Waals surface area contributed by atoms with Gasteiger partial charge < -0.3 is 10.1 Å². The highest BCUT2D eigenvalue weighted by atomic mass is 79.9. The molecule has 16 heavy (non-hydrogen) atoms. The molecule has 0 aliphatic carbocycles. The summed E-state index contributed by atoms with van der Waals surface area (Å²) >= 11 is 3.50. The Balaban J connectivity index is 2.12. The third kappa shape index (κ3) is 2.66. The highest BCUT2D eigenvalue weighted by Gasteiger charge is 2.20. The van der Waals surface area contributed by atoms with Crippen LogP contribution in [-0.4, -0.2) is 13.2 Å². The molecule has 1 N–H and O–H groups in total. The Morgan fingerprint density at radius 1 is 1.56 bits per heavy atom. The lowest BCUT2D eigenvalue weighted by Crippen LogP contribution is -2.27. The molecular formula is C13H16BrNO. The van der Waals surface area contributed by atoms with Crippen LogP contribution in [0.25, 0.3) is 0 Å². The minimum Gasteiger partial charge on any atom is -0.493 e. The molecule has 1 aliphatic heterocycles. The van der Waals surface area contributed by atoms with Crippen LogP contribution < -0.4 is 10.1 Å². The summed E-state index contributed by atoms with van der Waals surface area (Å²) in [7, 11) is 0. The standard InChI is InChI=1S/C13H16BrNO/c1-2-3-7-15-12-6-8-16-13-5-4-10(14)9-11(12)13/h2,4-5,9,12,15H,1,3,6-8H2. The molecule has 1 unspecified atom stereocenters. The largest absolute Gasteiger partial charge is 0.493 e. The zero-order valence-corrected chi connectivity index (χ0v) is 10.8. The normalized spacial score (nSPS) is 18.7. The van der Waals surface area contributed by atoms with Gasteiger partial charge in [0.25, 0.3) is 0 Å². The molecule has 1 aromatic carbocycles. The molecule has 3 heteroatoms. The van der Waals surface area contributed by atoms with Crippen LogP contribution in [0.5, 0.6) is 5.75 Å². The van der Waals surface area contributed by atoms with Gasteiger partial charge in [-0.15, -0.1) is 6.58 Å². The number of rotatable bonds is 4. The van der Waals surface area contributed by atoms with E-state index in [1.807, 2.05) is 18.2 Å². The highest BCUT2D eigenvalue weighted by molar-refractivity contribution is 9.10. The van der Waals surface area contributed by atoms with Crippen LogP contribution in [0.15, 0.2) is 35.3 Å². The van der Waals surface area contributed by atoms with Gasteiger partial charge in [-0.1, -0.05) is 22.0 Å². The first-order chi connectivity index (χ1) is 7.81. The summed E-state index contributed by atoms with van der Waals surface area (Å²) in [6, 6.07) is 6.59. The lowest BCUT2D eigenvalue weighted by Gasteiger charge is -2.27. The summed E-state index contributed by atoms with van der Waals surface area (Å²) in [6.45, 7) is 5.49. The zero-order chi connectivity index (χ0) is 11.4. The van der Waals surface area contributed by atoms with Crippen LogP contribution in [0.3, 0.4) is 0 Å². The van der Waals surface area contributed by atoms with Gasteiger partial charge in [-0.25, -0.2) is 0 Å². The van der Waals surface area contributed by atoms with Crippen LogP contribution >= 0.6 is 15.9 Å². The molecule has 0 saturated carbocycles. The van der Waals surface area contributed by atoms with Crippen molar-refractivity contribution in [1.82, 2.24) is 5.32 Å². The molecule has 0 fully saturated rings. The van der Waals surface area contributed by atoms with E-state index < -0.39 is 0 Å². The van der Waals surface area contributed by atoms with Crippen molar-refractivity contribution in [1.29, 1.82) is 0 Å². The number of hydrogen-bond acceptors (Lipinski definition) is 2. The van der Waals surface area contributed by atoms with Crippen LogP contribution in [0, 0.1) is 0 Å². The monoisotopic (exact) mass is 281 g/mol. The number of hydrogen-bond donors (Lipinski definition) is 1. The van der Waals surface area contributed by atoms with E-state index in [-0.39, 0.29) is 0 Å². The van der Waals surface area contributed by atoms with Gasteiger partial charge in [-0.2, -0.15) is 0 Å². The van der Waals surface area contributed by atoms with Crippen molar-refractivity contribution < 1.29 is 4.74 Å². The van der Waals surface area contributed by atoms with Gasteiger partial charge in [0.1, 0.15) is 5.75 Å². The number of halogens is 1. The van der Waals surface area contributed by atoms with Crippen molar-refractivity contribution in [3.63, 3.8) is 0 Å². The topological polar surface area (TPSA) is 21.3 Å². The summed E-state index contributed by atoms with van der Waals surface area (Å²) < 4.78 is 6.74. The first kappa shape index (κ1) is 11.7. The van der Waals surface area contributed by atoms with Crippen molar-refractivity contribution in [2.24, 2.45) is 0 Å². The van der Waals surface area contributed by atoms with E-state index in [0.717, 1.165) is 36.2 Å². The van der Waals surface area contributed by atoms with Crippen molar-refractivity contribution in [2.45, 2.75) is 18.9 Å². The van der Waals surface area contributed by atoms with Gasteiger partial charge in [0.15, 0.2) is 0 Å². The molecule has 86 valence electrons. The van der Waals surface area contributed by atoms with Crippen molar-refractivity contribution in [3.05, 3.63) is 40.9 Å². The first-order valence-corrected chi connectivity index (χ1v) is 6.37. The molecule has 1 atom stereocenters. The Labute approximate surface area is 105 Å². The maximum atomic E-state index is 5.63. The van der Waals surface area contributed by atoms with Crippen LogP contribution in [-0.2, 0) is 0 Å². The summed E-state index contributed by atoms with van der Waals surface area (Å²) in [5.41, 5.74) is 1.25. The Morgan fingerprint density at radius 3 is 3.25 bits per heavy atom. The van der Waals surface area contributed by atoms with Crippen molar-refractivity contribution in [3.8, 4) is 5.75 Å². The van der Waals surface area contributed by atoms with Gasteiger partial charge >= 0.3 is 0 Å². The van der Waals surface area contributed by atoms with E-state index in [0.29, 0.717) is 6.04 Å². The fourth-order valence-corrected chi connectivity index (χ4v) is 2.32. The van der Waals surface area contributed by atoms with Crippen LogP contribution in [0.1, 0.15) is 24.4 Å². The summed E-state index contributed by atoms with van der Waals surface area (Å²) in [5, 5.41) is 3.53. The second-order valence-electron chi connectivity index (χ2n) is 3.90. The predicted octanol–water partition coefficient (Wildman–Crippen LogP) is 3.44. The zero-order valence-electron chi connectivity index (χ0n) is 9.21. The first-order valence-electron chi connectivity index (χ1n) is 5.58. The van der Waals surface area contributed by atoms with Gasteiger partial charge in [-0.3, -0.25) is 0 Å². The van der Waals surface area contributed by atoms with E-state index in [4.69, 9.17) is 4.74 Å². The van der Waals surface area contributed by atoms with Gasteiger partial charge in [0, 0.05) is 22.5 Å². The number of fused-ring (bicyclic) bond motifs is 1. The fourth-order valence-electron chi connectivity index (χ4n) is 1.94. The Morgan fingerprint density at radius 2 is 2.44 bits per heavy atom. The third-order valence-electron chi connectivity index (χ3n) is 2.75. The Bertz CT molecular complexity index is 378. The molecule has 1 heterocycles. The molecule has 0 radical (unpaired) electrons. The van der Waals surface area contributed by atoms with E-state index >= 15 is 0 Å². The summed E-state index contributed by atoms with van der Waals surface area (Å²) in [5.74, 6) is 1.01. The minimum absolute atomic E-state index is 0.404. The number of nitrogens with one attached hydrogen (secondary N) is 1. The third-order valence-corrected chi connectivity index (χ3v) is 3.24. The fraction of sp³-hybridized carbons (Fsp3) is 0.385. The maximum absolute atomic E-state index is 5.63. The molecule has 0 aromatic heterocycles. The molecule has 1 aliphatic rings. The van der Waals surface area contributed by atoms with Gasteiger partial charge in [0.05, 0.1) is 6.61 Å². The highest BCUT2D eigenvalue weighted by Crippen LogP contribution is 2.33. The quantitative estimate of drug-likeness (QED) is 0.674. The Kier molecular flexibility index (Phi) is 4.02. The van der Waals surface area contributed by atoms with Crippen molar-refractivity contribution in [2.75, 3.05) is 13.2 Å². The molecule has 1 aromatic rings. The van der Waals surface area contributed by atoms with E-state index in [2.05, 4.69) is 33.9 Å². The van der Waals surface area contributed by atoms with Crippen LogP contribution in [0.2, 0.25) is 0 Å². The maximum Gasteiger partial charge on any atom is 0.124 e. The second kappa shape index (κ2) is 5.51. The lowest BCUT2D eigenvalue weighted by atomic mass is 10.0. The molecule has 2 nitrogen and oxygen atoms in total. The average molecular weight is 282 g/mol. The molecule has 0 bridgehead atoms. The van der Waals surface area contributed by atoms with E-state index in [1.165, 1.54) is 5.56 Å². The Hall–Kier alpha value is -0.800. The molecule has 0 saturated heterocycles. The smallest absolute Gasteiger partial charge is 0.124 e. The summed E-state index contributed by atoms with van der Waals surface area (Å²) in [4.78, 5) is 0. The molecular weight excluding hydrogens is 266 g/mol. The van der Waals surface area contributed by atoms with Crippen molar-refractivity contribution >= 4 is 15.9 Å². The molecule has 0 spiro atoms.